The van der Waals surface area contributed by atoms with Crippen LogP contribution in [0.1, 0.15) is 0 Å². The van der Waals surface area contributed by atoms with Gasteiger partial charge in [0.05, 0.1) is 0 Å². The van der Waals surface area contributed by atoms with Crippen molar-refractivity contribution in [1.29, 1.82) is 0 Å². The molecule has 0 aliphatic rings. The first-order valence-corrected chi connectivity index (χ1v) is 2.51. The van der Waals surface area contributed by atoms with E-state index in [0.717, 1.165) is 0 Å². The zero-order valence-electron chi connectivity index (χ0n) is 5.25. The third-order valence-electron chi connectivity index (χ3n) is 0.988. The van der Waals surface area contributed by atoms with Crippen LogP contribution in [0.25, 0.3) is 0 Å². The van der Waals surface area contributed by atoms with E-state index in [9.17, 15) is 30.7 Å². The molecule has 0 aromatic carbocycles. The van der Waals surface area contributed by atoms with E-state index in [4.69, 9.17) is 5.11 Å². The van der Waals surface area contributed by atoms with Crippen molar-refractivity contribution in [1.82, 2.24) is 0 Å². The van der Waals surface area contributed by atoms with E-state index >= 15 is 0 Å². The molecule has 0 radical (unpaired) electrons. The predicted molar refractivity (Wildman–Crippen MR) is 23.0 cm³/mol. The Morgan fingerprint density at radius 2 is 1.25 bits per heavy atom. The second-order valence-electron chi connectivity index (χ2n) is 1.90. The van der Waals surface area contributed by atoms with Gasteiger partial charge in [0.2, 0.25) is 0 Å². The van der Waals surface area contributed by atoms with Crippen LogP contribution in [0, 0.1) is 0 Å². The van der Waals surface area contributed by atoms with Gasteiger partial charge in [-0.05, 0) is 0 Å². The fraction of sp³-hybridized carbons (Fsp3) is 1.00. The van der Waals surface area contributed by atoms with Crippen molar-refractivity contribution in [2.45, 2.75) is 24.6 Å². The van der Waals surface area contributed by atoms with E-state index in [2.05, 4.69) is 0 Å². The van der Waals surface area contributed by atoms with Gasteiger partial charge in [0.15, 0.2) is 6.10 Å². The highest BCUT2D eigenvalue weighted by Gasteiger charge is 2.64. The van der Waals surface area contributed by atoms with Crippen molar-refractivity contribution in [3.63, 3.8) is 0 Å². The first-order valence-electron chi connectivity index (χ1n) is 2.51. The highest BCUT2D eigenvalue weighted by atomic mass is 19.4. The van der Waals surface area contributed by atoms with Gasteiger partial charge in [0.25, 0.3) is 6.43 Å². The molecule has 0 aliphatic heterocycles. The summed E-state index contributed by atoms with van der Waals surface area (Å²) in [4.78, 5) is 0. The van der Waals surface area contributed by atoms with Gasteiger partial charge >= 0.3 is 12.1 Å². The molecule has 1 atom stereocenters. The van der Waals surface area contributed by atoms with Gasteiger partial charge in [-0.1, -0.05) is 0 Å². The molecule has 0 aromatic rings. The first kappa shape index (κ1) is 11.5. The summed E-state index contributed by atoms with van der Waals surface area (Å²) in [6.45, 7) is 0. The Balaban J connectivity index is 4.61. The lowest BCUT2D eigenvalue weighted by atomic mass is 10.2. The fourth-order valence-corrected chi connectivity index (χ4v) is 0.326. The maximum absolute atomic E-state index is 11.7. The van der Waals surface area contributed by atoms with Crippen molar-refractivity contribution in [3.8, 4) is 0 Å². The standard InChI is InChI=1S/C4H3F7O/c5-2(6)1(12)3(7,8)4(9,10)11/h1-2,12H. The molecule has 0 rings (SSSR count). The lowest BCUT2D eigenvalue weighted by Gasteiger charge is -2.23. The number of aliphatic hydroxyl groups excluding tert-OH is 1. The zero-order valence-corrected chi connectivity index (χ0v) is 5.25. The highest BCUT2D eigenvalue weighted by molar-refractivity contribution is 4.85. The quantitative estimate of drug-likeness (QED) is 0.674. The summed E-state index contributed by atoms with van der Waals surface area (Å²) < 4.78 is 79.5. The molecule has 0 heterocycles. The second-order valence-corrected chi connectivity index (χ2v) is 1.90. The molecule has 0 spiro atoms. The minimum Gasteiger partial charge on any atom is -0.381 e. The zero-order chi connectivity index (χ0) is 10.2. The average Bonchev–Trinajstić information content (AvgIpc) is 1.83. The van der Waals surface area contributed by atoms with Crippen LogP contribution in [0.5, 0.6) is 0 Å². The summed E-state index contributed by atoms with van der Waals surface area (Å²) in [7, 11) is 0. The van der Waals surface area contributed by atoms with Crippen LogP contribution in [0.15, 0.2) is 0 Å². The van der Waals surface area contributed by atoms with Crippen LogP contribution >= 0.6 is 0 Å². The smallest absolute Gasteiger partial charge is 0.381 e. The van der Waals surface area contributed by atoms with Crippen LogP contribution in [0.2, 0.25) is 0 Å². The van der Waals surface area contributed by atoms with Crippen LogP contribution < -0.4 is 0 Å². The SMILES string of the molecule is OC(C(F)F)C(F)(F)C(F)(F)F. The van der Waals surface area contributed by atoms with Crippen LogP contribution in [0.3, 0.4) is 0 Å². The van der Waals surface area contributed by atoms with Crippen molar-refractivity contribution < 1.29 is 35.8 Å². The van der Waals surface area contributed by atoms with E-state index in [1.54, 1.807) is 0 Å². The Morgan fingerprint density at radius 3 is 1.33 bits per heavy atom. The topological polar surface area (TPSA) is 20.2 Å². The van der Waals surface area contributed by atoms with Gasteiger partial charge in [-0.2, -0.15) is 22.0 Å². The number of halogens is 7. The van der Waals surface area contributed by atoms with Gasteiger partial charge in [-0.3, -0.25) is 0 Å². The molecule has 0 amide bonds. The molecule has 0 aliphatic carbocycles. The minimum atomic E-state index is -6.16. The van der Waals surface area contributed by atoms with Gasteiger partial charge < -0.3 is 5.11 Å². The van der Waals surface area contributed by atoms with Gasteiger partial charge in [0.1, 0.15) is 0 Å². The molecule has 8 heteroatoms. The molecule has 1 N–H and O–H groups in total. The number of hydrogen-bond donors (Lipinski definition) is 1. The maximum Gasteiger partial charge on any atom is 0.456 e. The number of aliphatic hydroxyl groups is 1. The van der Waals surface area contributed by atoms with Crippen molar-refractivity contribution in [3.05, 3.63) is 0 Å². The van der Waals surface area contributed by atoms with Crippen LogP contribution in [0.4, 0.5) is 30.7 Å². The van der Waals surface area contributed by atoms with Crippen molar-refractivity contribution in [2.24, 2.45) is 0 Å². The summed E-state index contributed by atoms with van der Waals surface area (Å²) in [6, 6.07) is 0. The number of hydrogen-bond acceptors (Lipinski definition) is 1. The Hall–Kier alpha value is -0.530. The molecule has 1 unspecified atom stereocenters. The first-order chi connectivity index (χ1) is 5.10. The van der Waals surface area contributed by atoms with Gasteiger partial charge in [-0.15, -0.1) is 0 Å². The summed E-state index contributed by atoms with van der Waals surface area (Å²) >= 11 is 0. The normalized spacial score (nSPS) is 16.8. The maximum atomic E-state index is 11.7. The minimum absolute atomic E-state index is 4.02. The highest BCUT2D eigenvalue weighted by Crippen LogP contribution is 2.39. The van der Waals surface area contributed by atoms with Crippen molar-refractivity contribution >= 4 is 0 Å². The van der Waals surface area contributed by atoms with E-state index in [1.807, 2.05) is 0 Å². The summed E-state index contributed by atoms with van der Waals surface area (Å²) in [5, 5.41) is 7.77. The molecule has 0 bridgehead atoms. The van der Waals surface area contributed by atoms with Crippen LogP contribution in [-0.4, -0.2) is 29.7 Å². The lowest BCUT2D eigenvalue weighted by Crippen LogP contribution is -2.50. The molecule has 74 valence electrons. The molecule has 0 fully saturated rings. The summed E-state index contributed by atoms with van der Waals surface area (Å²) in [6.07, 6.45) is -14.3. The monoisotopic (exact) mass is 200 g/mol. The van der Waals surface area contributed by atoms with E-state index in [1.165, 1.54) is 0 Å². The summed E-state index contributed by atoms with van der Waals surface area (Å²) in [5.74, 6) is -5.78. The second kappa shape index (κ2) is 3.08. The molecule has 1 nitrogen and oxygen atoms in total. The molecular weight excluding hydrogens is 197 g/mol. The molecular formula is C4H3F7O. The van der Waals surface area contributed by atoms with E-state index < -0.39 is 24.6 Å². The molecule has 12 heavy (non-hydrogen) atoms. The fourth-order valence-electron chi connectivity index (χ4n) is 0.326. The summed E-state index contributed by atoms with van der Waals surface area (Å²) in [5.41, 5.74) is 0. The third-order valence-corrected chi connectivity index (χ3v) is 0.988. The van der Waals surface area contributed by atoms with Crippen LogP contribution in [-0.2, 0) is 0 Å². The molecule has 0 saturated carbocycles. The van der Waals surface area contributed by atoms with Crippen molar-refractivity contribution in [2.75, 3.05) is 0 Å². The van der Waals surface area contributed by atoms with E-state index in [0.29, 0.717) is 0 Å². The third kappa shape index (κ3) is 1.99. The largest absolute Gasteiger partial charge is 0.456 e. The number of alkyl halides is 7. The Labute approximate surface area is 61.8 Å². The average molecular weight is 200 g/mol. The Kier molecular flexibility index (Phi) is 2.94. The van der Waals surface area contributed by atoms with E-state index in [-0.39, 0.29) is 0 Å². The molecule has 0 saturated heterocycles. The van der Waals surface area contributed by atoms with Gasteiger partial charge in [-0.25, -0.2) is 8.78 Å². The number of rotatable bonds is 2. The van der Waals surface area contributed by atoms with Gasteiger partial charge in [0, 0.05) is 0 Å². The predicted octanol–water partition coefficient (Wildman–Crippen LogP) is 1.81. The Morgan fingerprint density at radius 1 is 0.917 bits per heavy atom. The molecule has 0 aromatic heterocycles. The lowest BCUT2D eigenvalue weighted by molar-refractivity contribution is -0.326. The Bertz CT molecular complexity index is 150.